The molecule has 0 saturated carbocycles. The van der Waals surface area contributed by atoms with Gasteiger partial charge in [0.2, 0.25) is 0 Å². The van der Waals surface area contributed by atoms with Crippen LogP contribution in [-0.4, -0.2) is 37.8 Å². The number of anilines is 1. The highest BCUT2D eigenvalue weighted by atomic mass is 19.3. The molecule has 1 heterocycles. The first-order chi connectivity index (χ1) is 9.49. The van der Waals surface area contributed by atoms with Crippen molar-refractivity contribution in [2.45, 2.75) is 13.5 Å². The number of nitro groups is 1. The van der Waals surface area contributed by atoms with E-state index in [-0.39, 0.29) is 11.4 Å². The van der Waals surface area contributed by atoms with Crippen molar-refractivity contribution in [3.63, 3.8) is 0 Å². The van der Waals surface area contributed by atoms with Gasteiger partial charge in [-0.15, -0.1) is 0 Å². The Hall–Kier alpha value is -1.96. The summed E-state index contributed by atoms with van der Waals surface area (Å²) in [7, 11) is 0. The molecule has 0 unspecified atom stereocenters. The van der Waals surface area contributed by atoms with Gasteiger partial charge in [0, 0.05) is 24.7 Å². The number of alkyl halides is 2. The molecule has 1 aromatic rings. The van der Waals surface area contributed by atoms with E-state index in [0.717, 1.165) is 6.07 Å². The number of hydrogen-bond donors (Lipinski definition) is 0. The van der Waals surface area contributed by atoms with Crippen LogP contribution < -0.4 is 9.64 Å². The average Bonchev–Trinajstić information content (AvgIpc) is 2.41. The molecule has 8 heteroatoms. The maximum atomic E-state index is 12.4. The smallest absolute Gasteiger partial charge is 0.387 e. The van der Waals surface area contributed by atoms with Crippen LogP contribution in [0.3, 0.4) is 0 Å². The molecule has 0 radical (unpaired) electrons. The Kier molecular flexibility index (Phi) is 4.33. The lowest BCUT2D eigenvalue weighted by atomic mass is 10.1. The first-order valence-corrected chi connectivity index (χ1v) is 6.05. The van der Waals surface area contributed by atoms with E-state index in [2.05, 4.69) is 4.74 Å². The van der Waals surface area contributed by atoms with Crippen LogP contribution in [0.15, 0.2) is 12.1 Å². The number of non-ortho nitro benzene ring substituents is 1. The zero-order chi connectivity index (χ0) is 14.7. The molecule has 1 aromatic carbocycles. The van der Waals surface area contributed by atoms with Gasteiger partial charge in [0.25, 0.3) is 5.69 Å². The normalized spacial score (nSPS) is 15.5. The van der Waals surface area contributed by atoms with Crippen LogP contribution in [0.25, 0.3) is 0 Å². The Morgan fingerprint density at radius 2 is 2.05 bits per heavy atom. The number of nitro benzene ring substituents is 1. The lowest BCUT2D eigenvalue weighted by molar-refractivity contribution is -0.384. The van der Waals surface area contributed by atoms with Gasteiger partial charge < -0.3 is 14.4 Å². The monoisotopic (exact) mass is 288 g/mol. The topological polar surface area (TPSA) is 64.8 Å². The van der Waals surface area contributed by atoms with Gasteiger partial charge in [-0.25, -0.2) is 0 Å². The molecule has 1 aliphatic heterocycles. The molecule has 2 rings (SSSR count). The third-order valence-electron chi connectivity index (χ3n) is 3.10. The number of nitrogens with zero attached hydrogens (tertiary/aromatic N) is 2. The number of morpholine rings is 1. The highest BCUT2D eigenvalue weighted by Crippen LogP contribution is 2.35. The molecule has 0 N–H and O–H groups in total. The van der Waals surface area contributed by atoms with Gasteiger partial charge in [-0.2, -0.15) is 8.78 Å². The zero-order valence-electron chi connectivity index (χ0n) is 10.8. The Labute approximate surface area is 114 Å². The number of benzene rings is 1. The fourth-order valence-corrected chi connectivity index (χ4v) is 2.12. The predicted molar refractivity (Wildman–Crippen MR) is 67.5 cm³/mol. The summed E-state index contributed by atoms with van der Waals surface area (Å²) < 4.78 is 34.3. The van der Waals surface area contributed by atoms with Crippen molar-refractivity contribution in [1.82, 2.24) is 0 Å². The van der Waals surface area contributed by atoms with Gasteiger partial charge in [-0.1, -0.05) is 0 Å². The van der Waals surface area contributed by atoms with E-state index in [0.29, 0.717) is 37.6 Å². The van der Waals surface area contributed by atoms with Gasteiger partial charge in [0.05, 0.1) is 29.9 Å². The van der Waals surface area contributed by atoms with Crippen molar-refractivity contribution in [2.75, 3.05) is 31.2 Å². The second-order valence-electron chi connectivity index (χ2n) is 4.32. The highest BCUT2D eigenvalue weighted by Gasteiger charge is 2.22. The van der Waals surface area contributed by atoms with E-state index in [1.54, 1.807) is 6.92 Å². The van der Waals surface area contributed by atoms with Gasteiger partial charge in [-0.3, -0.25) is 10.1 Å². The molecule has 0 aliphatic carbocycles. The van der Waals surface area contributed by atoms with Crippen LogP contribution in [-0.2, 0) is 4.74 Å². The van der Waals surface area contributed by atoms with E-state index < -0.39 is 11.5 Å². The second kappa shape index (κ2) is 6.00. The Morgan fingerprint density at radius 3 is 2.60 bits per heavy atom. The molecular formula is C12H14F2N2O4. The van der Waals surface area contributed by atoms with E-state index in [4.69, 9.17) is 4.74 Å². The van der Waals surface area contributed by atoms with Gasteiger partial charge >= 0.3 is 6.61 Å². The summed E-state index contributed by atoms with van der Waals surface area (Å²) in [5, 5.41) is 10.9. The van der Waals surface area contributed by atoms with Gasteiger partial charge in [0.1, 0.15) is 5.75 Å². The minimum Gasteiger partial charge on any atom is -0.434 e. The van der Waals surface area contributed by atoms with Crippen LogP contribution in [0.2, 0.25) is 0 Å². The Balaban J connectivity index is 2.42. The first kappa shape index (κ1) is 14.4. The van der Waals surface area contributed by atoms with Crippen molar-refractivity contribution in [2.24, 2.45) is 0 Å². The zero-order valence-corrected chi connectivity index (χ0v) is 10.8. The summed E-state index contributed by atoms with van der Waals surface area (Å²) >= 11 is 0. The molecule has 1 aliphatic rings. The van der Waals surface area contributed by atoms with Crippen LogP contribution in [0.5, 0.6) is 5.75 Å². The SMILES string of the molecule is Cc1c(OC(F)F)cc([N+](=O)[O-])cc1N1CCOCC1. The van der Waals surface area contributed by atoms with Gasteiger partial charge in [0.15, 0.2) is 0 Å². The summed E-state index contributed by atoms with van der Waals surface area (Å²) in [5.41, 5.74) is 0.712. The third-order valence-corrected chi connectivity index (χ3v) is 3.10. The lowest BCUT2D eigenvalue weighted by Gasteiger charge is -2.30. The molecule has 0 aromatic heterocycles. The van der Waals surface area contributed by atoms with Crippen LogP contribution in [0.4, 0.5) is 20.2 Å². The summed E-state index contributed by atoms with van der Waals surface area (Å²) in [6, 6.07) is 2.39. The first-order valence-electron chi connectivity index (χ1n) is 6.05. The minimum absolute atomic E-state index is 0.171. The molecule has 6 nitrogen and oxygen atoms in total. The summed E-state index contributed by atoms with van der Waals surface area (Å²) in [4.78, 5) is 12.1. The van der Waals surface area contributed by atoms with E-state index in [9.17, 15) is 18.9 Å². The van der Waals surface area contributed by atoms with Crippen LogP contribution in [0.1, 0.15) is 5.56 Å². The number of halogens is 2. The fourth-order valence-electron chi connectivity index (χ4n) is 2.12. The summed E-state index contributed by atoms with van der Waals surface area (Å²) in [6.45, 7) is 0.673. The van der Waals surface area contributed by atoms with Crippen LogP contribution >= 0.6 is 0 Å². The Morgan fingerprint density at radius 1 is 1.40 bits per heavy atom. The fraction of sp³-hybridized carbons (Fsp3) is 0.500. The third kappa shape index (κ3) is 3.13. The van der Waals surface area contributed by atoms with Crippen molar-refractivity contribution in [1.29, 1.82) is 0 Å². The molecular weight excluding hydrogens is 274 g/mol. The van der Waals surface area contributed by atoms with Gasteiger partial charge in [-0.05, 0) is 6.92 Å². The van der Waals surface area contributed by atoms with Crippen molar-refractivity contribution < 1.29 is 23.2 Å². The maximum Gasteiger partial charge on any atom is 0.387 e. The number of ether oxygens (including phenoxy) is 2. The molecule has 110 valence electrons. The maximum absolute atomic E-state index is 12.4. The van der Waals surface area contributed by atoms with E-state index in [1.807, 2.05) is 4.90 Å². The molecule has 0 spiro atoms. The lowest BCUT2D eigenvalue weighted by Crippen LogP contribution is -2.36. The second-order valence-corrected chi connectivity index (χ2v) is 4.32. The quantitative estimate of drug-likeness (QED) is 0.628. The Bertz CT molecular complexity index is 504. The predicted octanol–water partition coefficient (Wildman–Crippen LogP) is 2.34. The molecule has 20 heavy (non-hydrogen) atoms. The van der Waals surface area contributed by atoms with Crippen LogP contribution in [0, 0.1) is 17.0 Å². The number of hydrogen-bond acceptors (Lipinski definition) is 5. The molecule has 0 bridgehead atoms. The molecule has 0 amide bonds. The average molecular weight is 288 g/mol. The standard InChI is InChI=1S/C12H14F2N2O4/c1-8-10(15-2-4-19-5-3-15)6-9(16(17)18)7-11(8)20-12(13)14/h6-7,12H,2-5H2,1H3. The molecule has 0 atom stereocenters. The van der Waals surface area contributed by atoms with E-state index in [1.165, 1.54) is 6.07 Å². The summed E-state index contributed by atoms with van der Waals surface area (Å²) in [6.07, 6.45) is 0. The highest BCUT2D eigenvalue weighted by molar-refractivity contribution is 5.64. The summed E-state index contributed by atoms with van der Waals surface area (Å²) in [5.74, 6) is -0.171. The van der Waals surface area contributed by atoms with Crippen molar-refractivity contribution in [3.05, 3.63) is 27.8 Å². The largest absolute Gasteiger partial charge is 0.434 e. The molecule has 1 fully saturated rings. The van der Waals surface area contributed by atoms with E-state index >= 15 is 0 Å². The minimum atomic E-state index is -3.02. The van der Waals surface area contributed by atoms with Crippen molar-refractivity contribution >= 4 is 11.4 Å². The number of rotatable bonds is 4. The molecule has 1 saturated heterocycles. The van der Waals surface area contributed by atoms with Crippen molar-refractivity contribution in [3.8, 4) is 5.75 Å².